The number of amides is 2. The number of ether oxygens (including phenoxy) is 1. The van der Waals surface area contributed by atoms with E-state index in [1.807, 2.05) is 35.7 Å². The predicted molar refractivity (Wildman–Crippen MR) is 167 cm³/mol. The quantitative estimate of drug-likeness (QED) is 0.158. The monoisotopic (exact) mass is 628 g/mol. The molecule has 3 aromatic carbocycles. The fourth-order valence-corrected chi connectivity index (χ4v) is 5.16. The van der Waals surface area contributed by atoms with Crippen molar-refractivity contribution in [3.05, 3.63) is 101 Å². The van der Waals surface area contributed by atoms with E-state index in [-0.39, 0.29) is 23.7 Å². The molecule has 0 radical (unpaired) electrons. The minimum absolute atomic E-state index is 0.00000882. The van der Waals surface area contributed by atoms with Gasteiger partial charge in [0.2, 0.25) is 5.82 Å². The number of nitrogens with zero attached hydrogens (tertiary/aromatic N) is 2. The van der Waals surface area contributed by atoms with Gasteiger partial charge in [-0.25, -0.2) is 14.0 Å². The molecule has 5 aromatic rings. The molecule has 2 heterocycles. The van der Waals surface area contributed by atoms with Crippen LogP contribution in [0.3, 0.4) is 0 Å². The van der Waals surface area contributed by atoms with Crippen LogP contribution in [0.15, 0.2) is 88.8 Å². The number of carboxylic acid groups (broad SMARTS) is 1. The van der Waals surface area contributed by atoms with E-state index in [4.69, 9.17) is 9.26 Å². The molecule has 1 unspecified atom stereocenters. The molecule has 0 saturated heterocycles. The molecule has 0 fully saturated rings. The Kier molecular flexibility index (Phi) is 9.05. The highest BCUT2D eigenvalue weighted by molar-refractivity contribution is 7.12. The number of hydrogen-bond acceptors (Lipinski definition) is 8. The van der Waals surface area contributed by atoms with Crippen LogP contribution in [0, 0.1) is 5.82 Å². The third-order valence-electron chi connectivity index (χ3n) is 6.45. The Bertz CT molecular complexity index is 1830. The number of aromatic nitrogens is 2. The molecule has 0 aliphatic rings. The maximum Gasteiger partial charge on any atom is 0.412 e. The van der Waals surface area contributed by atoms with Gasteiger partial charge in [-0.1, -0.05) is 41.6 Å². The smallest absolute Gasteiger partial charge is 0.412 e. The van der Waals surface area contributed by atoms with Crippen LogP contribution in [-0.4, -0.2) is 44.9 Å². The maximum absolute atomic E-state index is 15.2. The van der Waals surface area contributed by atoms with E-state index in [2.05, 4.69) is 20.8 Å². The molecule has 45 heavy (non-hydrogen) atoms. The van der Waals surface area contributed by atoms with E-state index in [9.17, 15) is 19.5 Å². The Labute approximate surface area is 261 Å². The molecule has 12 heteroatoms. The van der Waals surface area contributed by atoms with E-state index in [0.29, 0.717) is 21.7 Å². The van der Waals surface area contributed by atoms with Crippen molar-refractivity contribution in [3.63, 3.8) is 0 Å². The van der Waals surface area contributed by atoms with E-state index in [1.54, 1.807) is 57.2 Å². The second-order valence-corrected chi connectivity index (χ2v) is 12.0. The molecule has 1 atom stereocenters. The number of hydrogen-bond donors (Lipinski definition) is 3. The van der Waals surface area contributed by atoms with Crippen LogP contribution in [-0.2, 0) is 16.0 Å². The molecule has 3 N–H and O–H groups in total. The van der Waals surface area contributed by atoms with Crippen molar-refractivity contribution >= 4 is 35.0 Å². The normalized spacial score (nSPS) is 11.9. The van der Waals surface area contributed by atoms with Gasteiger partial charge < -0.3 is 19.7 Å². The number of halogens is 1. The van der Waals surface area contributed by atoms with Gasteiger partial charge in [-0.3, -0.25) is 10.1 Å². The molecule has 0 spiro atoms. The molecule has 5 rings (SSSR count). The second-order valence-electron chi connectivity index (χ2n) is 11.1. The number of carbonyl (C=O) groups is 3. The average molecular weight is 629 g/mol. The first-order valence-corrected chi connectivity index (χ1v) is 14.7. The molecular weight excluding hydrogens is 599 g/mol. The number of carbonyl (C=O) groups excluding carboxylic acids is 2. The predicted octanol–water partition coefficient (Wildman–Crippen LogP) is 7.04. The summed E-state index contributed by atoms with van der Waals surface area (Å²) in [6.07, 6.45) is -0.734. The molecule has 2 aromatic heterocycles. The van der Waals surface area contributed by atoms with Gasteiger partial charge >= 0.3 is 12.1 Å². The highest BCUT2D eigenvalue weighted by atomic mass is 32.1. The maximum atomic E-state index is 15.2. The van der Waals surface area contributed by atoms with Crippen molar-refractivity contribution in [1.82, 2.24) is 15.5 Å². The minimum atomic E-state index is -1.28. The van der Waals surface area contributed by atoms with Gasteiger partial charge in [-0.05, 0) is 85.3 Å². The number of aliphatic carboxylic acids is 1. The summed E-state index contributed by atoms with van der Waals surface area (Å²) in [4.78, 5) is 41.5. The summed E-state index contributed by atoms with van der Waals surface area (Å²) in [6.45, 7) is 5.29. The lowest BCUT2D eigenvalue weighted by Gasteiger charge is -2.19. The fraction of sp³-hybridized carbons (Fsp3) is 0.182. The zero-order valence-corrected chi connectivity index (χ0v) is 25.4. The lowest BCUT2D eigenvalue weighted by Crippen LogP contribution is -2.42. The summed E-state index contributed by atoms with van der Waals surface area (Å²) in [5.74, 6) is -2.32. The summed E-state index contributed by atoms with van der Waals surface area (Å²) in [7, 11) is 0. The molecule has 0 saturated carbocycles. The molecule has 2 amide bonds. The summed E-state index contributed by atoms with van der Waals surface area (Å²) in [5, 5.41) is 20.6. The number of nitrogens with one attached hydrogen (secondary N) is 2. The summed E-state index contributed by atoms with van der Waals surface area (Å²) in [5.41, 5.74) is 2.62. The molecule has 0 aliphatic carbocycles. The molecule has 0 aliphatic heterocycles. The first-order chi connectivity index (χ1) is 21.4. The Morgan fingerprint density at radius 3 is 2.38 bits per heavy atom. The first-order valence-electron chi connectivity index (χ1n) is 13.9. The highest BCUT2D eigenvalue weighted by Crippen LogP contribution is 2.27. The Hall–Kier alpha value is -5.36. The van der Waals surface area contributed by atoms with Crippen LogP contribution in [0.1, 0.15) is 36.0 Å². The van der Waals surface area contributed by atoms with E-state index < -0.39 is 35.4 Å². The second kappa shape index (κ2) is 13.1. The topological polar surface area (TPSA) is 144 Å². The molecular formula is C33H29FN4O6S. The van der Waals surface area contributed by atoms with Crippen molar-refractivity contribution in [2.45, 2.75) is 38.8 Å². The average Bonchev–Trinajstić information content (AvgIpc) is 3.68. The summed E-state index contributed by atoms with van der Waals surface area (Å²) in [6, 6.07) is 20.7. The van der Waals surface area contributed by atoms with Crippen LogP contribution in [0.25, 0.3) is 34.0 Å². The van der Waals surface area contributed by atoms with Gasteiger partial charge in [-0.2, -0.15) is 4.98 Å². The number of rotatable bonds is 9. The van der Waals surface area contributed by atoms with Crippen LogP contribution in [0.5, 0.6) is 0 Å². The zero-order valence-electron chi connectivity index (χ0n) is 24.5. The largest absolute Gasteiger partial charge is 0.480 e. The van der Waals surface area contributed by atoms with Gasteiger partial charge in [-0.15, -0.1) is 11.3 Å². The molecule has 10 nitrogen and oxygen atoms in total. The number of benzene rings is 3. The van der Waals surface area contributed by atoms with Gasteiger partial charge in [0.25, 0.3) is 11.8 Å². The van der Waals surface area contributed by atoms with E-state index in [1.165, 1.54) is 23.5 Å². The van der Waals surface area contributed by atoms with E-state index >= 15 is 4.39 Å². The standard InChI is InChI=1S/C33H29FN4O6S/c1-33(2,3)43-32(42)35-23-12-10-21(11-13-23)30-37-28(38-44-30)24-14-9-19(15-25(24)34)16-26(31(40)41)36-29(39)27-17-22(18-45-27)20-7-5-4-6-8-20/h4-15,17-18,26H,16H2,1-3H3,(H,35,42)(H,36,39)(H,40,41). The SMILES string of the molecule is CC(C)(C)OC(=O)Nc1ccc(-c2nc(-c3ccc(CC(NC(=O)c4cc(-c5ccccc5)cs4)C(=O)O)cc3F)no2)cc1. The van der Waals surface area contributed by atoms with Gasteiger partial charge in [0, 0.05) is 17.7 Å². The summed E-state index contributed by atoms with van der Waals surface area (Å²) < 4.78 is 25.7. The Balaban J connectivity index is 1.23. The van der Waals surface area contributed by atoms with Crippen molar-refractivity contribution in [1.29, 1.82) is 0 Å². The number of carboxylic acids is 1. The van der Waals surface area contributed by atoms with Crippen molar-refractivity contribution in [3.8, 4) is 34.0 Å². The van der Waals surface area contributed by atoms with Crippen LogP contribution >= 0.6 is 11.3 Å². The first kappa shape index (κ1) is 31.1. The lowest BCUT2D eigenvalue weighted by atomic mass is 10.0. The fourth-order valence-electron chi connectivity index (χ4n) is 4.34. The minimum Gasteiger partial charge on any atom is -0.480 e. The summed E-state index contributed by atoms with van der Waals surface area (Å²) >= 11 is 1.21. The third-order valence-corrected chi connectivity index (χ3v) is 7.38. The number of anilines is 1. The lowest BCUT2D eigenvalue weighted by molar-refractivity contribution is -0.139. The molecule has 230 valence electrons. The highest BCUT2D eigenvalue weighted by Gasteiger charge is 2.24. The van der Waals surface area contributed by atoms with Crippen LogP contribution in [0.2, 0.25) is 0 Å². The van der Waals surface area contributed by atoms with Crippen molar-refractivity contribution in [2.75, 3.05) is 5.32 Å². The van der Waals surface area contributed by atoms with Crippen molar-refractivity contribution in [2.24, 2.45) is 0 Å². The zero-order chi connectivity index (χ0) is 32.1. The number of thiophene rings is 1. The van der Waals surface area contributed by atoms with Gasteiger partial charge in [0.1, 0.15) is 17.5 Å². The Morgan fingerprint density at radius 2 is 1.71 bits per heavy atom. The Morgan fingerprint density at radius 1 is 0.978 bits per heavy atom. The van der Waals surface area contributed by atoms with Gasteiger partial charge in [0.05, 0.1) is 10.4 Å². The van der Waals surface area contributed by atoms with Gasteiger partial charge in [0.15, 0.2) is 0 Å². The van der Waals surface area contributed by atoms with Crippen LogP contribution in [0.4, 0.5) is 14.9 Å². The van der Waals surface area contributed by atoms with E-state index in [0.717, 1.165) is 11.1 Å². The third kappa shape index (κ3) is 7.98. The van der Waals surface area contributed by atoms with Crippen LogP contribution < -0.4 is 10.6 Å². The molecule has 0 bridgehead atoms. The van der Waals surface area contributed by atoms with Crippen molar-refractivity contribution < 1.29 is 33.1 Å².